The average molecular weight is 222 g/mol. The maximum atomic E-state index is 12.6. The van der Waals surface area contributed by atoms with Gasteiger partial charge in [-0.25, -0.2) is 4.39 Å². The van der Waals surface area contributed by atoms with E-state index >= 15 is 0 Å². The van der Waals surface area contributed by atoms with E-state index in [1.165, 1.54) is 12.1 Å². The molecule has 1 aromatic rings. The Labute approximate surface area is 70.7 Å². The molecule has 1 rings (SSSR count). The summed E-state index contributed by atoms with van der Waals surface area (Å²) >= 11 is 3.05. The molecule has 0 heterocycles. The zero-order chi connectivity index (χ0) is 8.43. The van der Waals surface area contributed by atoms with E-state index in [1.54, 1.807) is 0 Å². The molecule has 0 aliphatic carbocycles. The lowest BCUT2D eigenvalue weighted by Crippen LogP contribution is -2.12. The molecule has 1 aromatic carbocycles. The lowest BCUT2D eigenvalue weighted by Gasteiger charge is -2.08. The Kier molecular flexibility index (Phi) is 2.43. The van der Waals surface area contributed by atoms with Crippen molar-refractivity contribution in [3.63, 3.8) is 0 Å². The topological polar surface area (TPSA) is 43.7 Å². The molecular weight excluding hydrogens is 217 g/mol. The van der Waals surface area contributed by atoms with Crippen molar-refractivity contribution in [3.05, 3.63) is 28.5 Å². The van der Waals surface area contributed by atoms with Gasteiger partial charge in [0.05, 0.1) is 0 Å². The zero-order valence-corrected chi connectivity index (χ0v) is 6.92. The van der Waals surface area contributed by atoms with Crippen LogP contribution in [0, 0.1) is 5.82 Å². The maximum absolute atomic E-state index is 12.6. The standard InChI is InChI=1S/C6H5BrFNO2/c7-4-1-2-5(8)6(3-4)9(10)11/h1-3,10-11H. The minimum absolute atomic E-state index is 0.264. The molecule has 11 heavy (non-hydrogen) atoms. The summed E-state index contributed by atoms with van der Waals surface area (Å²) in [6.45, 7) is 0. The van der Waals surface area contributed by atoms with E-state index in [0.717, 1.165) is 6.07 Å². The van der Waals surface area contributed by atoms with Crippen LogP contribution < -0.4 is 5.23 Å². The van der Waals surface area contributed by atoms with Crippen LogP contribution in [-0.2, 0) is 0 Å². The molecule has 2 N–H and O–H groups in total. The van der Waals surface area contributed by atoms with Gasteiger partial charge in [-0.05, 0) is 18.2 Å². The second-order valence-electron chi connectivity index (χ2n) is 1.89. The van der Waals surface area contributed by atoms with Gasteiger partial charge in [0.15, 0.2) is 5.82 Å². The lowest BCUT2D eigenvalue weighted by molar-refractivity contribution is 0.0272. The molecule has 0 radical (unpaired) electrons. The molecule has 0 unspecified atom stereocenters. The van der Waals surface area contributed by atoms with Crippen LogP contribution in [0.5, 0.6) is 0 Å². The van der Waals surface area contributed by atoms with Crippen LogP contribution in [0.4, 0.5) is 10.1 Å². The van der Waals surface area contributed by atoms with E-state index in [-0.39, 0.29) is 10.9 Å². The minimum Gasteiger partial charge on any atom is -0.264 e. The highest BCUT2D eigenvalue weighted by molar-refractivity contribution is 9.10. The van der Waals surface area contributed by atoms with E-state index in [1.807, 2.05) is 0 Å². The zero-order valence-electron chi connectivity index (χ0n) is 5.33. The normalized spacial score (nSPS) is 9.82. The van der Waals surface area contributed by atoms with Crippen LogP contribution in [0.25, 0.3) is 0 Å². The predicted molar refractivity (Wildman–Crippen MR) is 40.2 cm³/mol. The van der Waals surface area contributed by atoms with Crippen molar-refractivity contribution >= 4 is 21.6 Å². The fourth-order valence-corrected chi connectivity index (χ4v) is 0.988. The van der Waals surface area contributed by atoms with Gasteiger partial charge < -0.3 is 0 Å². The van der Waals surface area contributed by atoms with Crippen LogP contribution in [0.2, 0.25) is 0 Å². The number of hydrogen-bond donors (Lipinski definition) is 2. The first-order valence-electron chi connectivity index (χ1n) is 2.74. The Morgan fingerprint density at radius 1 is 1.36 bits per heavy atom. The molecule has 5 heteroatoms. The number of anilines is 1. The highest BCUT2D eigenvalue weighted by Gasteiger charge is 2.06. The van der Waals surface area contributed by atoms with Crippen LogP contribution in [0.15, 0.2) is 22.7 Å². The number of nitrogens with zero attached hydrogens (tertiary/aromatic N) is 1. The molecule has 0 atom stereocenters. The second kappa shape index (κ2) is 3.17. The Hall–Kier alpha value is -0.650. The molecule has 0 aliphatic heterocycles. The van der Waals surface area contributed by atoms with Crippen molar-refractivity contribution in [2.75, 3.05) is 5.23 Å². The fraction of sp³-hybridized carbons (Fsp3) is 0. The highest BCUT2D eigenvalue weighted by Crippen LogP contribution is 2.21. The van der Waals surface area contributed by atoms with E-state index in [4.69, 9.17) is 10.4 Å². The lowest BCUT2D eigenvalue weighted by atomic mass is 10.3. The summed E-state index contributed by atoms with van der Waals surface area (Å²) in [5.41, 5.74) is -0.292. The monoisotopic (exact) mass is 221 g/mol. The first-order valence-corrected chi connectivity index (χ1v) is 3.53. The van der Waals surface area contributed by atoms with Crippen molar-refractivity contribution in [1.29, 1.82) is 0 Å². The van der Waals surface area contributed by atoms with Crippen molar-refractivity contribution < 1.29 is 14.8 Å². The van der Waals surface area contributed by atoms with Crippen molar-refractivity contribution in [2.24, 2.45) is 0 Å². The number of hydrogen-bond acceptors (Lipinski definition) is 3. The van der Waals surface area contributed by atoms with Crippen LogP contribution >= 0.6 is 15.9 Å². The number of rotatable bonds is 1. The van der Waals surface area contributed by atoms with Gasteiger partial charge in [0.2, 0.25) is 0 Å². The summed E-state index contributed by atoms with van der Waals surface area (Å²) in [4.78, 5) is 0. The average Bonchev–Trinajstić information content (AvgIpc) is 1.94. The maximum Gasteiger partial charge on any atom is 0.151 e. The largest absolute Gasteiger partial charge is 0.264 e. The smallest absolute Gasteiger partial charge is 0.151 e. The van der Waals surface area contributed by atoms with E-state index < -0.39 is 5.82 Å². The Morgan fingerprint density at radius 3 is 2.45 bits per heavy atom. The van der Waals surface area contributed by atoms with Gasteiger partial charge >= 0.3 is 0 Å². The summed E-state index contributed by atoms with van der Waals surface area (Å²) in [7, 11) is 0. The summed E-state index contributed by atoms with van der Waals surface area (Å²) in [5, 5.41) is 16.7. The fourth-order valence-electron chi connectivity index (χ4n) is 0.639. The quantitative estimate of drug-likeness (QED) is 0.715. The van der Waals surface area contributed by atoms with Crippen molar-refractivity contribution in [3.8, 4) is 0 Å². The molecular formula is C6H5BrFNO2. The third kappa shape index (κ3) is 1.89. The summed E-state index contributed by atoms with van der Waals surface area (Å²) < 4.78 is 13.2. The second-order valence-corrected chi connectivity index (χ2v) is 2.80. The van der Waals surface area contributed by atoms with Crippen LogP contribution in [-0.4, -0.2) is 10.4 Å². The minimum atomic E-state index is -0.696. The predicted octanol–water partition coefficient (Wildman–Crippen LogP) is 2.17. The Bertz CT molecular complexity index is 267. The SMILES string of the molecule is ON(O)c1cc(Br)ccc1F. The van der Waals surface area contributed by atoms with E-state index in [9.17, 15) is 4.39 Å². The van der Waals surface area contributed by atoms with Crippen LogP contribution in [0.1, 0.15) is 0 Å². The van der Waals surface area contributed by atoms with Gasteiger partial charge in [-0.15, -0.1) is 5.23 Å². The molecule has 0 saturated heterocycles. The molecule has 0 aliphatic rings. The summed E-state index contributed by atoms with van der Waals surface area (Å²) in [5.74, 6) is -0.696. The van der Waals surface area contributed by atoms with Gasteiger partial charge in [-0.2, -0.15) is 0 Å². The third-order valence-corrected chi connectivity index (χ3v) is 1.62. The van der Waals surface area contributed by atoms with Gasteiger partial charge in [0.1, 0.15) is 5.69 Å². The van der Waals surface area contributed by atoms with Crippen LogP contribution in [0.3, 0.4) is 0 Å². The Balaban J connectivity index is 3.13. The number of halogens is 2. The van der Waals surface area contributed by atoms with Crippen molar-refractivity contribution in [1.82, 2.24) is 0 Å². The molecule has 0 amide bonds. The van der Waals surface area contributed by atoms with Crippen molar-refractivity contribution in [2.45, 2.75) is 0 Å². The Morgan fingerprint density at radius 2 is 2.00 bits per heavy atom. The molecule has 0 spiro atoms. The summed E-state index contributed by atoms with van der Waals surface area (Å²) in [6.07, 6.45) is 0. The molecule has 0 saturated carbocycles. The first kappa shape index (κ1) is 8.45. The van der Waals surface area contributed by atoms with E-state index in [0.29, 0.717) is 4.47 Å². The molecule has 60 valence electrons. The molecule has 0 bridgehead atoms. The van der Waals surface area contributed by atoms with E-state index in [2.05, 4.69) is 15.9 Å². The number of benzene rings is 1. The van der Waals surface area contributed by atoms with Gasteiger partial charge in [0.25, 0.3) is 0 Å². The highest BCUT2D eigenvalue weighted by atomic mass is 79.9. The molecule has 0 aromatic heterocycles. The van der Waals surface area contributed by atoms with Gasteiger partial charge in [-0.3, -0.25) is 10.4 Å². The van der Waals surface area contributed by atoms with Gasteiger partial charge in [-0.1, -0.05) is 15.9 Å². The molecule has 0 fully saturated rings. The first-order chi connectivity index (χ1) is 5.11. The third-order valence-electron chi connectivity index (χ3n) is 1.12. The molecule has 3 nitrogen and oxygen atoms in total. The van der Waals surface area contributed by atoms with Gasteiger partial charge in [0, 0.05) is 4.47 Å². The summed E-state index contributed by atoms with van der Waals surface area (Å²) in [6, 6.07) is 3.83.